The van der Waals surface area contributed by atoms with Crippen molar-refractivity contribution in [2.24, 2.45) is 11.8 Å². The summed E-state index contributed by atoms with van der Waals surface area (Å²) in [4.78, 5) is 10.8. The largest absolute Gasteiger partial charge is 0.481 e. The van der Waals surface area contributed by atoms with Gasteiger partial charge in [0.05, 0.1) is 5.92 Å². The number of carboxylic acids is 1. The first-order valence-corrected chi connectivity index (χ1v) is 8.03. The van der Waals surface area contributed by atoms with E-state index in [1.807, 2.05) is 0 Å². The number of hydrogen-bond acceptors (Lipinski definition) is 2. The highest BCUT2D eigenvalue weighted by Gasteiger charge is 2.24. The molecule has 0 saturated heterocycles. The molecule has 112 valence electrons. The monoisotopic (exact) mass is 269 g/mol. The lowest BCUT2D eigenvalue weighted by molar-refractivity contribution is -0.141. The Kier molecular flexibility index (Phi) is 7.44. The van der Waals surface area contributed by atoms with Crippen molar-refractivity contribution in [3.8, 4) is 0 Å². The van der Waals surface area contributed by atoms with Gasteiger partial charge in [0.1, 0.15) is 0 Å². The number of rotatable bonds is 8. The van der Waals surface area contributed by atoms with Gasteiger partial charge in [-0.25, -0.2) is 0 Å². The Balaban J connectivity index is 2.22. The maximum absolute atomic E-state index is 10.8. The summed E-state index contributed by atoms with van der Waals surface area (Å²) in [5, 5.41) is 12.6. The van der Waals surface area contributed by atoms with E-state index in [0.29, 0.717) is 12.1 Å². The lowest BCUT2D eigenvalue weighted by Gasteiger charge is -2.34. The third-order valence-corrected chi connectivity index (χ3v) is 4.63. The zero-order valence-electron chi connectivity index (χ0n) is 12.8. The quantitative estimate of drug-likeness (QED) is 0.704. The van der Waals surface area contributed by atoms with Crippen LogP contribution in [0.25, 0.3) is 0 Å². The Morgan fingerprint density at radius 3 is 2.58 bits per heavy atom. The minimum absolute atomic E-state index is 0.203. The summed E-state index contributed by atoms with van der Waals surface area (Å²) in [7, 11) is 0. The molecule has 0 aromatic rings. The molecule has 2 N–H and O–H groups in total. The van der Waals surface area contributed by atoms with Crippen LogP contribution >= 0.6 is 0 Å². The van der Waals surface area contributed by atoms with Gasteiger partial charge < -0.3 is 10.4 Å². The average Bonchev–Trinajstić information content (AvgIpc) is 2.39. The molecular weight excluding hydrogens is 238 g/mol. The number of carbonyl (C=O) groups is 1. The van der Waals surface area contributed by atoms with Gasteiger partial charge in [0.25, 0.3) is 0 Å². The zero-order valence-corrected chi connectivity index (χ0v) is 12.8. The summed E-state index contributed by atoms with van der Waals surface area (Å²) in [6.45, 7) is 6.34. The van der Waals surface area contributed by atoms with Gasteiger partial charge in [-0.05, 0) is 38.5 Å². The van der Waals surface area contributed by atoms with Crippen molar-refractivity contribution in [2.75, 3.05) is 0 Å². The third-order valence-electron chi connectivity index (χ3n) is 4.63. The molecule has 3 heteroatoms. The molecule has 3 nitrogen and oxygen atoms in total. The Morgan fingerprint density at radius 2 is 1.95 bits per heavy atom. The molecule has 0 heterocycles. The van der Waals surface area contributed by atoms with Gasteiger partial charge in [-0.1, -0.05) is 39.5 Å². The van der Waals surface area contributed by atoms with Crippen molar-refractivity contribution in [3.05, 3.63) is 0 Å². The van der Waals surface area contributed by atoms with Crippen molar-refractivity contribution in [1.29, 1.82) is 0 Å². The number of carboxylic acid groups (broad SMARTS) is 1. The molecule has 1 rings (SSSR count). The van der Waals surface area contributed by atoms with Crippen molar-refractivity contribution < 1.29 is 9.90 Å². The molecule has 0 aromatic carbocycles. The second-order valence-electron chi connectivity index (χ2n) is 6.30. The molecule has 0 radical (unpaired) electrons. The van der Waals surface area contributed by atoms with E-state index in [0.717, 1.165) is 25.2 Å². The Labute approximate surface area is 118 Å². The summed E-state index contributed by atoms with van der Waals surface area (Å²) in [6, 6.07) is 1.20. The maximum Gasteiger partial charge on any atom is 0.306 e. The SMILES string of the molecule is CCC1CCCCC1NC(C)CCCC(C)C(=O)O. The lowest BCUT2D eigenvalue weighted by Crippen LogP contribution is -2.43. The van der Waals surface area contributed by atoms with Crippen LogP contribution in [-0.2, 0) is 4.79 Å². The molecule has 0 aliphatic heterocycles. The molecule has 1 aliphatic carbocycles. The third kappa shape index (κ3) is 5.94. The molecule has 0 amide bonds. The van der Waals surface area contributed by atoms with Crippen LogP contribution in [0.5, 0.6) is 0 Å². The lowest BCUT2D eigenvalue weighted by atomic mass is 9.82. The summed E-state index contributed by atoms with van der Waals surface area (Å²) >= 11 is 0. The molecule has 0 aromatic heterocycles. The van der Waals surface area contributed by atoms with E-state index >= 15 is 0 Å². The fraction of sp³-hybridized carbons (Fsp3) is 0.938. The van der Waals surface area contributed by atoms with Gasteiger partial charge in [0.15, 0.2) is 0 Å². The van der Waals surface area contributed by atoms with Gasteiger partial charge in [-0.2, -0.15) is 0 Å². The van der Waals surface area contributed by atoms with E-state index in [2.05, 4.69) is 19.2 Å². The van der Waals surface area contributed by atoms with Gasteiger partial charge in [-0.15, -0.1) is 0 Å². The Hall–Kier alpha value is -0.570. The molecule has 19 heavy (non-hydrogen) atoms. The van der Waals surface area contributed by atoms with Gasteiger partial charge in [0, 0.05) is 12.1 Å². The Bertz CT molecular complexity index is 267. The van der Waals surface area contributed by atoms with E-state index in [4.69, 9.17) is 5.11 Å². The van der Waals surface area contributed by atoms with E-state index in [1.165, 1.54) is 32.1 Å². The topological polar surface area (TPSA) is 49.3 Å². The van der Waals surface area contributed by atoms with Crippen LogP contribution in [0.1, 0.15) is 72.1 Å². The standard InChI is InChI=1S/C16H31NO2/c1-4-14-10-5-6-11-15(14)17-13(3)9-7-8-12(2)16(18)19/h12-15,17H,4-11H2,1-3H3,(H,18,19). The van der Waals surface area contributed by atoms with Crippen LogP contribution in [0, 0.1) is 11.8 Å². The summed E-state index contributed by atoms with van der Waals surface area (Å²) in [6.07, 6.45) is 9.60. The summed E-state index contributed by atoms with van der Waals surface area (Å²) < 4.78 is 0. The smallest absolute Gasteiger partial charge is 0.306 e. The zero-order chi connectivity index (χ0) is 14.3. The highest BCUT2D eigenvalue weighted by molar-refractivity contribution is 5.69. The van der Waals surface area contributed by atoms with Crippen LogP contribution < -0.4 is 5.32 Å². The van der Waals surface area contributed by atoms with E-state index in [-0.39, 0.29) is 5.92 Å². The van der Waals surface area contributed by atoms with E-state index in [1.54, 1.807) is 6.92 Å². The van der Waals surface area contributed by atoms with Crippen molar-refractivity contribution in [2.45, 2.75) is 84.2 Å². The van der Waals surface area contributed by atoms with Crippen molar-refractivity contribution in [1.82, 2.24) is 5.32 Å². The maximum atomic E-state index is 10.8. The number of aliphatic carboxylic acids is 1. The second kappa shape index (κ2) is 8.57. The van der Waals surface area contributed by atoms with E-state index in [9.17, 15) is 4.79 Å². The van der Waals surface area contributed by atoms with Crippen molar-refractivity contribution in [3.63, 3.8) is 0 Å². The molecule has 1 fully saturated rings. The highest BCUT2D eigenvalue weighted by atomic mass is 16.4. The first kappa shape index (κ1) is 16.5. The molecular formula is C16H31NO2. The summed E-state index contributed by atoms with van der Waals surface area (Å²) in [5.74, 6) is -0.0293. The average molecular weight is 269 g/mol. The van der Waals surface area contributed by atoms with Gasteiger partial charge >= 0.3 is 5.97 Å². The molecule has 4 unspecified atom stereocenters. The highest BCUT2D eigenvalue weighted by Crippen LogP contribution is 2.27. The van der Waals surface area contributed by atoms with Crippen LogP contribution in [0.4, 0.5) is 0 Å². The fourth-order valence-corrected chi connectivity index (χ4v) is 3.22. The fourth-order valence-electron chi connectivity index (χ4n) is 3.22. The van der Waals surface area contributed by atoms with Crippen LogP contribution in [0.2, 0.25) is 0 Å². The molecule has 4 atom stereocenters. The summed E-state index contributed by atoms with van der Waals surface area (Å²) in [5.41, 5.74) is 0. The normalized spacial score (nSPS) is 26.9. The minimum Gasteiger partial charge on any atom is -0.481 e. The second-order valence-corrected chi connectivity index (χ2v) is 6.30. The number of hydrogen-bond donors (Lipinski definition) is 2. The molecule has 0 bridgehead atoms. The van der Waals surface area contributed by atoms with Crippen LogP contribution in [-0.4, -0.2) is 23.2 Å². The number of nitrogens with one attached hydrogen (secondary N) is 1. The Morgan fingerprint density at radius 1 is 1.26 bits per heavy atom. The molecule has 1 aliphatic rings. The van der Waals surface area contributed by atoms with Crippen LogP contribution in [0.3, 0.4) is 0 Å². The van der Waals surface area contributed by atoms with Crippen molar-refractivity contribution >= 4 is 5.97 Å². The first-order valence-electron chi connectivity index (χ1n) is 8.03. The molecule has 1 saturated carbocycles. The van der Waals surface area contributed by atoms with Gasteiger partial charge in [0.2, 0.25) is 0 Å². The minimum atomic E-state index is -0.668. The predicted molar refractivity (Wildman–Crippen MR) is 79.3 cm³/mol. The van der Waals surface area contributed by atoms with Gasteiger partial charge in [-0.3, -0.25) is 4.79 Å². The van der Waals surface area contributed by atoms with Crippen LogP contribution in [0.15, 0.2) is 0 Å². The van der Waals surface area contributed by atoms with E-state index < -0.39 is 5.97 Å². The predicted octanol–water partition coefficient (Wildman–Crippen LogP) is 3.82. The first-order chi connectivity index (χ1) is 9.04. The molecule has 0 spiro atoms.